The first-order valence-electron chi connectivity index (χ1n) is 9.65. The molecule has 1 unspecified atom stereocenters. The van der Waals surface area contributed by atoms with Crippen LogP contribution in [-0.4, -0.2) is 35.3 Å². The van der Waals surface area contributed by atoms with Gasteiger partial charge in [-0.05, 0) is 62.1 Å². The third-order valence-corrected chi connectivity index (χ3v) is 5.63. The van der Waals surface area contributed by atoms with Crippen molar-refractivity contribution < 1.29 is 9.47 Å². The van der Waals surface area contributed by atoms with E-state index in [1.54, 1.807) is 25.7 Å². The number of methoxy groups -OCH3 is 1. The fraction of sp³-hybridized carbons (Fsp3) is 0.524. The van der Waals surface area contributed by atoms with E-state index in [4.69, 9.17) is 9.47 Å². The molecule has 1 fully saturated rings. The molecule has 0 bridgehead atoms. The number of aromatic nitrogens is 2. The van der Waals surface area contributed by atoms with E-state index in [0.29, 0.717) is 18.0 Å². The van der Waals surface area contributed by atoms with Crippen LogP contribution in [-0.2, 0) is 12.8 Å². The fourth-order valence-corrected chi connectivity index (χ4v) is 4.30. The summed E-state index contributed by atoms with van der Waals surface area (Å²) in [5.74, 6) is 1.68. The maximum absolute atomic E-state index is 5.95. The first-order valence-corrected chi connectivity index (χ1v) is 9.65. The highest BCUT2D eigenvalue weighted by atomic mass is 16.5. The van der Waals surface area contributed by atoms with Crippen molar-refractivity contribution in [1.82, 2.24) is 15.3 Å². The van der Waals surface area contributed by atoms with Crippen molar-refractivity contribution in [3.8, 4) is 11.6 Å². The molecule has 2 aromatic rings. The summed E-state index contributed by atoms with van der Waals surface area (Å²) in [6, 6.07) is 7.59. The minimum Gasteiger partial charge on any atom is -0.496 e. The Morgan fingerprint density at radius 2 is 1.92 bits per heavy atom. The normalized spacial score (nSPS) is 25.3. The van der Waals surface area contributed by atoms with E-state index in [0.717, 1.165) is 44.3 Å². The molecule has 1 N–H and O–H groups in total. The standard InChI is InChI=1S/C21H27N3O2/c1-25-20-4-2-3-15-13-17(7-10-19(15)20)24-16-5-8-18(9-6-16)26-21-14-22-11-12-23-21/h2-4,11-12,14,16-18,24H,5-10,13H2,1H3. The smallest absolute Gasteiger partial charge is 0.232 e. The number of ether oxygens (including phenoxy) is 2. The van der Waals surface area contributed by atoms with Gasteiger partial charge in [-0.25, -0.2) is 4.98 Å². The largest absolute Gasteiger partial charge is 0.496 e. The molecule has 0 radical (unpaired) electrons. The number of nitrogens with one attached hydrogen (secondary N) is 1. The average molecular weight is 353 g/mol. The van der Waals surface area contributed by atoms with E-state index >= 15 is 0 Å². The number of benzene rings is 1. The molecule has 4 rings (SSSR count). The molecule has 0 spiro atoms. The molecule has 5 nitrogen and oxygen atoms in total. The molecule has 1 atom stereocenters. The number of rotatable bonds is 5. The monoisotopic (exact) mass is 353 g/mol. The maximum atomic E-state index is 5.95. The predicted octanol–water partition coefficient (Wildman–Crippen LogP) is 3.32. The Kier molecular flexibility index (Phi) is 5.34. The number of fused-ring (bicyclic) bond motifs is 1. The van der Waals surface area contributed by atoms with Gasteiger partial charge in [-0.1, -0.05) is 12.1 Å². The van der Waals surface area contributed by atoms with Crippen LogP contribution in [0, 0.1) is 0 Å². The fourth-order valence-electron chi connectivity index (χ4n) is 4.30. The molecule has 0 amide bonds. The quantitative estimate of drug-likeness (QED) is 0.894. The lowest BCUT2D eigenvalue weighted by Crippen LogP contribution is -2.44. The van der Waals surface area contributed by atoms with Crippen LogP contribution in [0.15, 0.2) is 36.8 Å². The van der Waals surface area contributed by atoms with Crippen molar-refractivity contribution in [3.63, 3.8) is 0 Å². The molecule has 0 aliphatic heterocycles. The van der Waals surface area contributed by atoms with Gasteiger partial charge < -0.3 is 14.8 Å². The summed E-state index contributed by atoms with van der Waals surface area (Å²) in [6.07, 6.45) is 13.2. The van der Waals surface area contributed by atoms with Gasteiger partial charge in [-0.15, -0.1) is 0 Å². The van der Waals surface area contributed by atoms with Gasteiger partial charge in [0.2, 0.25) is 5.88 Å². The van der Waals surface area contributed by atoms with Gasteiger partial charge >= 0.3 is 0 Å². The van der Waals surface area contributed by atoms with E-state index in [1.807, 2.05) is 0 Å². The zero-order valence-electron chi connectivity index (χ0n) is 15.4. The van der Waals surface area contributed by atoms with Crippen LogP contribution in [0.4, 0.5) is 0 Å². The van der Waals surface area contributed by atoms with Gasteiger partial charge in [0, 0.05) is 24.5 Å². The van der Waals surface area contributed by atoms with Crippen LogP contribution in [0.5, 0.6) is 11.6 Å². The van der Waals surface area contributed by atoms with Gasteiger partial charge in [-0.3, -0.25) is 4.98 Å². The Morgan fingerprint density at radius 3 is 2.69 bits per heavy atom. The van der Waals surface area contributed by atoms with Crippen molar-refractivity contribution in [2.24, 2.45) is 0 Å². The minimum atomic E-state index is 0.265. The third kappa shape index (κ3) is 3.98. The summed E-state index contributed by atoms with van der Waals surface area (Å²) < 4.78 is 11.5. The van der Waals surface area contributed by atoms with E-state index in [1.165, 1.54) is 17.5 Å². The van der Waals surface area contributed by atoms with Crippen molar-refractivity contribution >= 4 is 0 Å². The van der Waals surface area contributed by atoms with E-state index < -0.39 is 0 Å². The summed E-state index contributed by atoms with van der Waals surface area (Å²) in [5.41, 5.74) is 2.84. The number of nitrogens with zero attached hydrogens (tertiary/aromatic N) is 2. The van der Waals surface area contributed by atoms with Gasteiger partial charge in [0.1, 0.15) is 11.9 Å². The second-order valence-corrected chi connectivity index (χ2v) is 7.34. The molecule has 0 saturated heterocycles. The van der Waals surface area contributed by atoms with E-state index in [2.05, 4.69) is 33.5 Å². The molecule has 1 aromatic carbocycles. The Balaban J connectivity index is 1.27. The number of hydrogen-bond acceptors (Lipinski definition) is 5. The lowest BCUT2D eigenvalue weighted by molar-refractivity contribution is 0.130. The minimum absolute atomic E-state index is 0.265. The summed E-state index contributed by atoms with van der Waals surface area (Å²) in [5, 5.41) is 3.90. The molecule has 26 heavy (non-hydrogen) atoms. The lowest BCUT2D eigenvalue weighted by atomic mass is 9.86. The van der Waals surface area contributed by atoms with Crippen molar-refractivity contribution in [1.29, 1.82) is 0 Å². The summed E-state index contributed by atoms with van der Waals surface area (Å²) >= 11 is 0. The lowest BCUT2D eigenvalue weighted by Gasteiger charge is -2.34. The van der Waals surface area contributed by atoms with Gasteiger partial charge in [0.15, 0.2) is 0 Å². The predicted molar refractivity (Wildman–Crippen MR) is 101 cm³/mol. The Bertz CT molecular complexity index is 714. The summed E-state index contributed by atoms with van der Waals surface area (Å²) in [4.78, 5) is 8.27. The van der Waals surface area contributed by atoms with Crippen LogP contribution in [0.25, 0.3) is 0 Å². The van der Waals surface area contributed by atoms with Crippen LogP contribution in [0.3, 0.4) is 0 Å². The highest BCUT2D eigenvalue weighted by Gasteiger charge is 2.27. The first-order chi connectivity index (χ1) is 12.8. The molecule has 138 valence electrons. The van der Waals surface area contributed by atoms with Crippen molar-refractivity contribution in [3.05, 3.63) is 47.9 Å². The third-order valence-electron chi connectivity index (χ3n) is 5.63. The van der Waals surface area contributed by atoms with Crippen molar-refractivity contribution in [2.45, 2.75) is 63.1 Å². The van der Waals surface area contributed by atoms with E-state index in [-0.39, 0.29) is 6.10 Å². The van der Waals surface area contributed by atoms with E-state index in [9.17, 15) is 0 Å². The van der Waals surface area contributed by atoms with Crippen LogP contribution in [0.2, 0.25) is 0 Å². The average Bonchev–Trinajstić information content (AvgIpc) is 2.69. The van der Waals surface area contributed by atoms with Crippen LogP contribution < -0.4 is 14.8 Å². The van der Waals surface area contributed by atoms with Gasteiger partial charge in [0.05, 0.1) is 13.3 Å². The second-order valence-electron chi connectivity index (χ2n) is 7.34. The van der Waals surface area contributed by atoms with Gasteiger partial charge in [-0.2, -0.15) is 0 Å². The maximum Gasteiger partial charge on any atom is 0.232 e. The molecule has 1 aromatic heterocycles. The van der Waals surface area contributed by atoms with Crippen molar-refractivity contribution in [2.75, 3.05) is 7.11 Å². The molecule has 2 aliphatic rings. The molecule has 5 heteroatoms. The Labute approximate surface area is 155 Å². The zero-order chi connectivity index (χ0) is 17.8. The van der Waals surface area contributed by atoms with Crippen LogP contribution in [0.1, 0.15) is 43.2 Å². The molecule has 1 saturated carbocycles. The summed E-state index contributed by atoms with van der Waals surface area (Å²) in [7, 11) is 1.77. The second kappa shape index (κ2) is 8.04. The number of hydrogen-bond donors (Lipinski definition) is 1. The summed E-state index contributed by atoms with van der Waals surface area (Å²) in [6.45, 7) is 0. The molecular weight excluding hydrogens is 326 g/mol. The topological polar surface area (TPSA) is 56.3 Å². The molecular formula is C21H27N3O2. The zero-order valence-corrected chi connectivity index (χ0v) is 15.4. The molecule has 1 heterocycles. The molecule has 2 aliphatic carbocycles. The Hall–Kier alpha value is -2.14. The highest BCUT2D eigenvalue weighted by molar-refractivity contribution is 5.42. The van der Waals surface area contributed by atoms with Crippen LogP contribution >= 0.6 is 0 Å². The highest BCUT2D eigenvalue weighted by Crippen LogP contribution is 2.30. The first kappa shape index (κ1) is 17.3. The van der Waals surface area contributed by atoms with Gasteiger partial charge in [0.25, 0.3) is 0 Å². The Morgan fingerprint density at radius 1 is 1.04 bits per heavy atom. The SMILES string of the molecule is COc1cccc2c1CCC(NC1CCC(Oc3cnccn3)CC1)C2.